The summed E-state index contributed by atoms with van der Waals surface area (Å²) in [7, 11) is 1.56. The topological polar surface area (TPSA) is 98.0 Å². The minimum absolute atomic E-state index is 0.255. The SMILES string of the molecule is COc1ccc(F)cc1[C@@H](C)Nc1ccn2ncc(C3=N[C@@](C)(c4ccccn4)ON3)c2n1. The van der Waals surface area contributed by atoms with Crippen molar-refractivity contribution in [1.29, 1.82) is 0 Å². The maximum absolute atomic E-state index is 13.8. The molecular weight excluding hydrogens is 425 g/mol. The summed E-state index contributed by atoms with van der Waals surface area (Å²) < 4.78 is 20.8. The number of benzene rings is 1. The molecule has 0 saturated heterocycles. The molecule has 5 rings (SSSR count). The van der Waals surface area contributed by atoms with Gasteiger partial charge in [-0.25, -0.2) is 29.2 Å². The first-order valence-corrected chi connectivity index (χ1v) is 10.4. The lowest BCUT2D eigenvalue weighted by Gasteiger charge is -2.18. The highest BCUT2D eigenvalue weighted by atomic mass is 19.1. The van der Waals surface area contributed by atoms with Gasteiger partial charge in [-0.1, -0.05) is 6.07 Å². The van der Waals surface area contributed by atoms with Crippen LogP contribution in [0.2, 0.25) is 0 Å². The zero-order chi connectivity index (χ0) is 23.0. The van der Waals surface area contributed by atoms with Crippen LogP contribution in [0.3, 0.4) is 0 Å². The third-order valence-corrected chi connectivity index (χ3v) is 5.46. The summed E-state index contributed by atoms with van der Waals surface area (Å²) in [5, 5.41) is 7.67. The zero-order valence-corrected chi connectivity index (χ0v) is 18.3. The Morgan fingerprint density at radius 3 is 2.91 bits per heavy atom. The molecule has 0 aliphatic carbocycles. The van der Waals surface area contributed by atoms with E-state index in [-0.39, 0.29) is 11.9 Å². The van der Waals surface area contributed by atoms with Crippen LogP contribution in [0, 0.1) is 5.82 Å². The fraction of sp³-hybridized carbons (Fsp3) is 0.217. The van der Waals surface area contributed by atoms with Crippen molar-refractivity contribution in [3.8, 4) is 5.75 Å². The number of amidine groups is 1. The molecular formula is C23H22FN7O2. The van der Waals surface area contributed by atoms with Crippen LogP contribution in [0.4, 0.5) is 10.2 Å². The molecule has 1 aromatic carbocycles. The first-order chi connectivity index (χ1) is 16.0. The summed E-state index contributed by atoms with van der Waals surface area (Å²) in [6, 6.07) is 11.5. The average molecular weight is 447 g/mol. The van der Waals surface area contributed by atoms with E-state index >= 15 is 0 Å². The van der Waals surface area contributed by atoms with E-state index in [9.17, 15) is 4.39 Å². The van der Waals surface area contributed by atoms with Crippen molar-refractivity contribution in [3.05, 3.63) is 83.7 Å². The molecule has 4 aromatic rings. The standard InChI is InChI=1S/C23H22FN7O2/c1-14(16-12-15(24)7-8-18(16)32-3)27-20-9-11-31-22(28-20)17(13-26-31)21-29-23(2,33-30-21)19-6-4-5-10-25-19/h4-14H,1-3H3,(H,27,28)(H,29,30)/t14-,23-/m1/s1. The molecule has 0 spiro atoms. The maximum atomic E-state index is 13.8. The van der Waals surface area contributed by atoms with E-state index in [0.29, 0.717) is 39.9 Å². The Morgan fingerprint density at radius 2 is 2.12 bits per heavy atom. The number of hydrogen-bond acceptors (Lipinski definition) is 8. The number of ether oxygens (including phenoxy) is 1. The molecule has 10 heteroatoms. The molecule has 9 nitrogen and oxygen atoms in total. The second kappa shape index (κ2) is 8.14. The van der Waals surface area contributed by atoms with Gasteiger partial charge in [-0.15, -0.1) is 0 Å². The Kier molecular flexibility index (Phi) is 5.14. The van der Waals surface area contributed by atoms with Gasteiger partial charge >= 0.3 is 0 Å². The third-order valence-electron chi connectivity index (χ3n) is 5.46. The summed E-state index contributed by atoms with van der Waals surface area (Å²) in [5.41, 5.74) is 4.54. The van der Waals surface area contributed by atoms with Gasteiger partial charge in [0.2, 0.25) is 5.72 Å². The Morgan fingerprint density at radius 1 is 1.24 bits per heavy atom. The predicted octanol–water partition coefficient (Wildman–Crippen LogP) is 3.60. The Hall–Kier alpha value is -4.05. The van der Waals surface area contributed by atoms with Crippen LogP contribution in [0.1, 0.15) is 36.7 Å². The van der Waals surface area contributed by atoms with Crippen LogP contribution < -0.4 is 15.5 Å². The van der Waals surface area contributed by atoms with Crippen molar-refractivity contribution >= 4 is 17.3 Å². The van der Waals surface area contributed by atoms with Gasteiger partial charge in [-0.05, 0) is 50.2 Å². The van der Waals surface area contributed by atoms with E-state index in [4.69, 9.17) is 19.6 Å². The Labute approximate surface area is 189 Å². The highest BCUT2D eigenvalue weighted by molar-refractivity contribution is 6.04. The van der Waals surface area contributed by atoms with Crippen LogP contribution in [-0.2, 0) is 10.6 Å². The number of nitrogens with zero attached hydrogens (tertiary/aromatic N) is 5. The predicted molar refractivity (Wildman–Crippen MR) is 120 cm³/mol. The smallest absolute Gasteiger partial charge is 0.226 e. The minimum atomic E-state index is -0.969. The quantitative estimate of drug-likeness (QED) is 0.466. The Bertz CT molecular complexity index is 1340. The molecule has 2 atom stereocenters. The van der Waals surface area contributed by atoms with Crippen molar-refractivity contribution in [2.75, 3.05) is 12.4 Å². The number of nitrogens with one attached hydrogen (secondary N) is 2. The van der Waals surface area contributed by atoms with Gasteiger partial charge in [0.1, 0.15) is 17.4 Å². The van der Waals surface area contributed by atoms with Crippen molar-refractivity contribution in [1.82, 2.24) is 25.1 Å². The van der Waals surface area contributed by atoms with Crippen molar-refractivity contribution in [3.63, 3.8) is 0 Å². The maximum Gasteiger partial charge on any atom is 0.226 e. The molecule has 2 N–H and O–H groups in total. The molecule has 4 heterocycles. The van der Waals surface area contributed by atoms with E-state index in [1.165, 1.54) is 12.1 Å². The number of hydroxylamine groups is 1. The van der Waals surface area contributed by atoms with Crippen molar-refractivity contribution < 1.29 is 14.0 Å². The first-order valence-electron chi connectivity index (χ1n) is 10.4. The van der Waals surface area contributed by atoms with Gasteiger partial charge in [0, 0.05) is 18.0 Å². The number of halogens is 1. The van der Waals surface area contributed by atoms with E-state index in [0.717, 1.165) is 0 Å². The molecule has 0 amide bonds. The highest BCUT2D eigenvalue weighted by Gasteiger charge is 2.36. The third kappa shape index (κ3) is 3.85. The number of aliphatic imine (C=N–C) groups is 1. The van der Waals surface area contributed by atoms with Gasteiger partial charge in [-0.3, -0.25) is 4.98 Å². The molecule has 0 unspecified atom stereocenters. The number of methoxy groups -OCH3 is 1. The molecule has 3 aromatic heterocycles. The Balaban J connectivity index is 1.46. The van der Waals surface area contributed by atoms with Gasteiger partial charge in [0.05, 0.1) is 30.6 Å². The summed E-state index contributed by atoms with van der Waals surface area (Å²) in [4.78, 5) is 19.5. The zero-order valence-electron chi connectivity index (χ0n) is 18.3. The molecule has 0 radical (unpaired) electrons. The number of pyridine rings is 1. The van der Waals surface area contributed by atoms with Crippen LogP contribution in [-0.4, -0.2) is 32.5 Å². The summed E-state index contributed by atoms with van der Waals surface area (Å²) in [6.07, 6.45) is 5.16. The molecule has 0 bridgehead atoms. The van der Waals surface area contributed by atoms with Crippen LogP contribution in [0.5, 0.6) is 5.75 Å². The molecule has 168 valence electrons. The number of rotatable bonds is 6. The van der Waals surface area contributed by atoms with Gasteiger partial charge in [-0.2, -0.15) is 5.10 Å². The fourth-order valence-electron chi connectivity index (χ4n) is 3.73. The van der Waals surface area contributed by atoms with Crippen molar-refractivity contribution in [2.45, 2.75) is 25.6 Å². The number of aromatic nitrogens is 4. The second-order valence-corrected chi connectivity index (χ2v) is 7.75. The number of anilines is 1. The average Bonchev–Trinajstić information content (AvgIpc) is 3.43. The second-order valence-electron chi connectivity index (χ2n) is 7.75. The van der Waals surface area contributed by atoms with Crippen LogP contribution in [0.25, 0.3) is 5.65 Å². The lowest BCUT2D eigenvalue weighted by atomic mass is 10.1. The molecule has 1 aliphatic rings. The largest absolute Gasteiger partial charge is 0.496 e. The van der Waals surface area contributed by atoms with E-state index in [1.807, 2.05) is 32.0 Å². The molecule has 0 fully saturated rings. The lowest BCUT2D eigenvalue weighted by Crippen LogP contribution is -2.25. The van der Waals surface area contributed by atoms with Gasteiger partial charge in [0.15, 0.2) is 11.5 Å². The van der Waals surface area contributed by atoms with E-state index < -0.39 is 5.72 Å². The number of hydrogen-bond donors (Lipinski definition) is 2. The first kappa shape index (κ1) is 20.8. The summed E-state index contributed by atoms with van der Waals surface area (Å²) in [5.74, 6) is 1.36. The molecule has 1 aliphatic heterocycles. The van der Waals surface area contributed by atoms with E-state index in [1.54, 1.807) is 42.3 Å². The van der Waals surface area contributed by atoms with Crippen molar-refractivity contribution in [2.24, 2.45) is 4.99 Å². The van der Waals surface area contributed by atoms with Crippen LogP contribution >= 0.6 is 0 Å². The van der Waals surface area contributed by atoms with E-state index in [2.05, 4.69) is 20.9 Å². The van der Waals surface area contributed by atoms with Gasteiger partial charge < -0.3 is 10.1 Å². The minimum Gasteiger partial charge on any atom is -0.496 e. The van der Waals surface area contributed by atoms with Crippen LogP contribution in [0.15, 0.2) is 66.0 Å². The van der Waals surface area contributed by atoms with Gasteiger partial charge in [0.25, 0.3) is 0 Å². The summed E-state index contributed by atoms with van der Waals surface area (Å²) in [6.45, 7) is 3.74. The monoisotopic (exact) mass is 447 g/mol. The fourth-order valence-corrected chi connectivity index (χ4v) is 3.73. The highest BCUT2D eigenvalue weighted by Crippen LogP contribution is 2.30. The molecule has 33 heavy (non-hydrogen) atoms. The number of fused-ring (bicyclic) bond motifs is 1. The lowest BCUT2D eigenvalue weighted by molar-refractivity contribution is -0.0481. The molecule has 0 saturated carbocycles. The summed E-state index contributed by atoms with van der Waals surface area (Å²) >= 11 is 0. The normalized spacial score (nSPS) is 18.6.